The zero-order chi connectivity index (χ0) is 8.82. The number of nitrogens with one attached hydrogen (secondary N) is 1. The Balaban J connectivity index is 2.08. The molecule has 1 heterocycles. The maximum Gasteiger partial charge on any atom is 0.213 e. The summed E-state index contributed by atoms with van der Waals surface area (Å²) in [7, 11) is -3.31. The summed E-state index contributed by atoms with van der Waals surface area (Å²) < 4.78 is 22.0. The molecular weight excluding hydrogens is 176 g/mol. The maximum absolute atomic E-state index is 11.0. The number of nitrogens with two attached hydrogens (primary N) is 1. The molecular formula is C7H14N2O2S. The van der Waals surface area contributed by atoms with Gasteiger partial charge in [-0.25, -0.2) is 13.6 Å². The van der Waals surface area contributed by atoms with Crippen molar-refractivity contribution in [2.45, 2.75) is 36.5 Å². The predicted octanol–water partition coefficient (Wildman–Crippen LogP) is -0.440. The van der Waals surface area contributed by atoms with E-state index in [1.54, 1.807) is 0 Å². The average molecular weight is 190 g/mol. The third kappa shape index (κ3) is 1.26. The van der Waals surface area contributed by atoms with E-state index in [-0.39, 0.29) is 10.8 Å². The summed E-state index contributed by atoms with van der Waals surface area (Å²) in [5.41, 5.74) is 0.136. The summed E-state index contributed by atoms with van der Waals surface area (Å²) in [4.78, 5) is 0. The van der Waals surface area contributed by atoms with Gasteiger partial charge in [-0.15, -0.1) is 0 Å². The van der Waals surface area contributed by atoms with Gasteiger partial charge in [-0.05, 0) is 25.7 Å². The van der Waals surface area contributed by atoms with Crippen molar-refractivity contribution in [2.24, 2.45) is 5.14 Å². The van der Waals surface area contributed by atoms with Crippen LogP contribution in [-0.2, 0) is 10.0 Å². The smallest absolute Gasteiger partial charge is 0.213 e. The number of hydrogen-bond acceptors (Lipinski definition) is 3. The lowest BCUT2D eigenvalue weighted by Crippen LogP contribution is -2.45. The minimum absolute atomic E-state index is 0.136. The molecule has 12 heavy (non-hydrogen) atoms. The van der Waals surface area contributed by atoms with Gasteiger partial charge >= 0.3 is 0 Å². The molecule has 0 aromatic rings. The van der Waals surface area contributed by atoms with Gasteiger partial charge in [0, 0.05) is 12.1 Å². The Kier molecular flexibility index (Phi) is 1.72. The Bertz CT molecular complexity index is 282. The lowest BCUT2D eigenvalue weighted by molar-refractivity contribution is 0.216. The van der Waals surface area contributed by atoms with Gasteiger partial charge in [0.25, 0.3) is 0 Å². The summed E-state index contributed by atoms with van der Waals surface area (Å²) >= 11 is 0. The Labute approximate surface area is 72.6 Å². The van der Waals surface area contributed by atoms with Gasteiger partial charge in [0.05, 0.1) is 5.25 Å². The second kappa shape index (κ2) is 2.43. The van der Waals surface area contributed by atoms with E-state index in [1.165, 1.54) is 6.42 Å². The van der Waals surface area contributed by atoms with Crippen molar-refractivity contribution in [3.05, 3.63) is 0 Å². The van der Waals surface area contributed by atoms with Crippen LogP contribution in [0, 0.1) is 0 Å². The fraction of sp³-hybridized carbons (Fsp3) is 1.00. The molecule has 1 saturated heterocycles. The van der Waals surface area contributed by atoms with E-state index in [1.807, 2.05) is 0 Å². The van der Waals surface area contributed by atoms with Gasteiger partial charge in [-0.3, -0.25) is 0 Å². The molecule has 3 N–H and O–H groups in total. The van der Waals surface area contributed by atoms with Crippen molar-refractivity contribution >= 4 is 10.0 Å². The standard InChI is InChI=1S/C7H14N2O2S/c8-12(10,11)6-4-7(9-5-6)2-1-3-7/h6,9H,1-5H2,(H2,8,10,11). The minimum atomic E-state index is -3.31. The van der Waals surface area contributed by atoms with Crippen LogP contribution >= 0.6 is 0 Å². The number of rotatable bonds is 1. The molecule has 1 spiro atoms. The third-order valence-corrected chi connectivity index (χ3v) is 4.36. The first-order valence-electron chi connectivity index (χ1n) is 4.29. The molecule has 0 aromatic carbocycles. The fourth-order valence-electron chi connectivity index (χ4n) is 2.13. The molecule has 4 nitrogen and oxygen atoms in total. The van der Waals surface area contributed by atoms with Gasteiger partial charge in [-0.1, -0.05) is 0 Å². The first kappa shape index (κ1) is 8.47. The van der Waals surface area contributed by atoms with E-state index < -0.39 is 10.0 Å². The van der Waals surface area contributed by atoms with Gasteiger partial charge in [0.15, 0.2) is 0 Å². The normalized spacial score (nSPS) is 33.6. The summed E-state index contributed by atoms with van der Waals surface area (Å²) in [6.07, 6.45) is 4.15. The SMILES string of the molecule is NS(=O)(=O)C1CNC2(CCC2)C1. The van der Waals surface area contributed by atoms with Crippen molar-refractivity contribution in [2.75, 3.05) is 6.54 Å². The van der Waals surface area contributed by atoms with Gasteiger partial charge in [-0.2, -0.15) is 0 Å². The van der Waals surface area contributed by atoms with E-state index in [2.05, 4.69) is 5.32 Å². The Morgan fingerprint density at radius 2 is 2.08 bits per heavy atom. The minimum Gasteiger partial charge on any atom is -0.310 e. The van der Waals surface area contributed by atoms with Crippen molar-refractivity contribution < 1.29 is 8.42 Å². The molecule has 5 heteroatoms. The summed E-state index contributed by atoms with van der Waals surface area (Å²) in [6.45, 7) is 0.541. The fourth-order valence-corrected chi connectivity index (χ4v) is 2.99. The van der Waals surface area contributed by atoms with Crippen LogP contribution < -0.4 is 10.5 Å². The van der Waals surface area contributed by atoms with Crippen LogP contribution in [0.3, 0.4) is 0 Å². The molecule has 0 radical (unpaired) electrons. The molecule has 1 atom stereocenters. The molecule has 0 bridgehead atoms. The van der Waals surface area contributed by atoms with Crippen LogP contribution in [0.5, 0.6) is 0 Å². The lowest BCUT2D eigenvalue weighted by atomic mass is 9.76. The molecule has 0 amide bonds. The highest BCUT2D eigenvalue weighted by atomic mass is 32.2. The van der Waals surface area contributed by atoms with E-state index in [4.69, 9.17) is 5.14 Å². The number of sulfonamides is 1. The molecule has 0 aromatic heterocycles. The first-order valence-corrected chi connectivity index (χ1v) is 5.89. The molecule has 2 fully saturated rings. The highest BCUT2D eigenvalue weighted by Crippen LogP contribution is 2.40. The second-order valence-electron chi connectivity index (χ2n) is 3.93. The average Bonchev–Trinajstić information content (AvgIpc) is 2.26. The van der Waals surface area contributed by atoms with Crippen LogP contribution in [0.2, 0.25) is 0 Å². The van der Waals surface area contributed by atoms with E-state index >= 15 is 0 Å². The highest BCUT2D eigenvalue weighted by Gasteiger charge is 2.46. The summed E-state index contributed by atoms with van der Waals surface area (Å²) in [5.74, 6) is 0. The van der Waals surface area contributed by atoms with Crippen molar-refractivity contribution in [3.63, 3.8) is 0 Å². The quantitative estimate of drug-likeness (QED) is 0.589. The van der Waals surface area contributed by atoms with E-state index in [0.717, 1.165) is 12.8 Å². The second-order valence-corrected chi connectivity index (χ2v) is 5.77. The van der Waals surface area contributed by atoms with E-state index in [0.29, 0.717) is 13.0 Å². The largest absolute Gasteiger partial charge is 0.310 e. The molecule has 1 saturated carbocycles. The number of primary sulfonamides is 1. The summed E-state index contributed by atoms with van der Waals surface area (Å²) in [6, 6.07) is 0. The zero-order valence-electron chi connectivity index (χ0n) is 6.91. The monoisotopic (exact) mass is 190 g/mol. The van der Waals surface area contributed by atoms with Crippen LogP contribution in [0.1, 0.15) is 25.7 Å². The van der Waals surface area contributed by atoms with Crippen LogP contribution in [0.4, 0.5) is 0 Å². The summed E-state index contributed by atoms with van der Waals surface area (Å²) in [5, 5.41) is 7.99. The van der Waals surface area contributed by atoms with E-state index in [9.17, 15) is 8.42 Å². The molecule has 1 aliphatic carbocycles. The third-order valence-electron chi connectivity index (χ3n) is 3.10. The van der Waals surface area contributed by atoms with Gasteiger partial charge in [0.1, 0.15) is 0 Å². The molecule has 2 aliphatic rings. The first-order chi connectivity index (χ1) is 5.52. The van der Waals surface area contributed by atoms with Crippen LogP contribution in [-0.4, -0.2) is 25.8 Å². The van der Waals surface area contributed by atoms with Crippen molar-refractivity contribution in [1.29, 1.82) is 0 Å². The topological polar surface area (TPSA) is 72.2 Å². The molecule has 2 rings (SSSR count). The van der Waals surface area contributed by atoms with Crippen molar-refractivity contribution in [1.82, 2.24) is 5.32 Å². The van der Waals surface area contributed by atoms with Crippen molar-refractivity contribution in [3.8, 4) is 0 Å². The van der Waals surface area contributed by atoms with Gasteiger partial charge < -0.3 is 5.32 Å². The predicted molar refractivity (Wildman–Crippen MR) is 46.1 cm³/mol. The Morgan fingerprint density at radius 3 is 2.33 bits per heavy atom. The zero-order valence-corrected chi connectivity index (χ0v) is 7.73. The molecule has 1 unspecified atom stereocenters. The van der Waals surface area contributed by atoms with Gasteiger partial charge in [0.2, 0.25) is 10.0 Å². The Morgan fingerprint density at radius 1 is 1.42 bits per heavy atom. The van der Waals surface area contributed by atoms with Crippen LogP contribution in [0.15, 0.2) is 0 Å². The number of hydrogen-bond donors (Lipinski definition) is 2. The highest BCUT2D eigenvalue weighted by molar-refractivity contribution is 7.89. The maximum atomic E-state index is 11.0. The lowest BCUT2D eigenvalue weighted by Gasteiger charge is -2.38. The molecule has 1 aliphatic heterocycles. The van der Waals surface area contributed by atoms with Crippen LogP contribution in [0.25, 0.3) is 0 Å². The molecule has 70 valence electrons. The Hall–Kier alpha value is -0.130.